The molecule has 1 heterocycles. The Balaban J connectivity index is 2.23. The molecule has 0 unspecified atom stereocenters. The van der Waals surface area contributed by atoms with Crippen molar-refractivity contribution in [3.05, 3.63) is 23.8 Å². The van der Waals surface area contributed by atoms with Crippen LogP contribution in [0.25, 0.3) is 0 Å². The van der Waals surface area contributed by atoms with Crippen LogP contribution in [-0.4, -0.2) is 19.1 Å². The summed E-state index contributed by atoms with van der Waals surface area (Å²) in [4.78, 5) is 2.34. The zero-order chi connectivity index (χ0) is 11.5. The lowest BCUT2D eigenvalue weighted by Gasteiger charge is -2.33. The molecule has 88 valence electrons. The summed E-state index contributed by atoms with van der Waals surface area (Å²) in [5, 5.41) is 0. The van der Waals surface area contributed by atoms with Gasteiger partial charge in [0.05, 0.1) is 0 Å². The van der Waals surface area contributed by atoms with E-state index in [-0.39, 0.29) is 0 Å². The van der Waals surface area contributed by atoms with Crippen LogP contribution in [0.15, 0.2) is 18.2 Å². The lowest BCUT2D eigenvalue weighted by Crippen LogP contribution is -2.40. The maximum absolute atomic E-state index is 5.93. The van der Waals surface area contributed by atoms with Crippen molar-refractivity contribution in [1.82, 2.24) is 0 Å². The second kappa shape index (κ2) is 4.72. The fraction of sp³-hybridized carbons (Fsp3) is 0.500. The lowest BCUT2D eigenvalue weighted by atomic mass is 10.0. The van der Waals surface area contributed by atoms with Gasteiger partial charge in [0.15, 0.2) is 0 Å². The zero-order valence-electron chi connectivity index (χ0n) is 9.52. The highest BCUT2D eigenvalue weighted by Gasteiger charge is 2.18. The Morgan fingerprint density at radius 3 is 2.56 bits per heavy atom. The number of nitrogen functional groups attached to an aromatic ring is 1. The standard InChI is InChI=1S/C12H20N4/c13-8-10-11(15)2-1-3-12(10)16-6-4-9(14)5-7-16/h1-3,9H,4-8,13-15H2. The third kappa shape index (κ3) is 2.13. The molecule has 4 heteroatoms. The van der Waals surface area contributed by atoms with Crippen LogP contribution in [0.1, 0.15) is 18.4 Å². The van der Waals surface area contributed by atoms with Gasteiger partial charge in [-0.05, 0) is 25.0 Å². The Morgan fingerprint density at radius 1 is 1.25 bits per heavy atom. The Morgan fingerprint density at radius 2 is 1.94 bits per heavy atom. The van der Waals surface area contributed by atoms with E-state index in [2.05, 4.69) is 11.0 Å². The van der Waals surface area contributed by atoms with Crippen LogP contribution in [0.4, 0.5) is 11.4 Å². The van der Waals surface area contributed by atoms with Gasteiger partial charge in [-0.2, -0.15) is 0 Å². The summed E-state index contributed by atoms with van der Waals surface area (Å²) in [6, 6.07) is 6.33. The monoisotopic (exact) mass is 220 g/mol. The van der Waals surface area contributed by atoms with Gasteiger partial charge in [0, 0.05) is 42.6 Å². The minimum atomic E-state index is 0.346. The van der Waals surface area contributed by atoms with Crippen LogP contribution in [0.5, 0.6) is 0 Å². The van der Waals surface area contributed by atoms with Crippen LogP contribution in [0, 0.1) is 0 Å². The van der Waals surface area contributed by atoms with Gasteiger partial charge in [-0.15, -0.1) is 0 Å². The van der Waals surface area contributed by atoms with Crippen molar-refractivity contribution < 1.29 is 0 Å². The van der Waals surface area contributed by atoms with E-state index in [1.54, 1.807) is 0 Å². The predicted molar refractivity (Wildman–Crippen MR) is 68.2 cm³/mol. The first-order chi connectivity index (χ1) is 7.72. The SMILES string of the molecule is NCc1c(N)cccc1N1CCC(N)CC1. The van der Waals surface area contributed by atoms with Gasteiger partial charge in [0.2, 0.25) is 0 Å². The molecule has 1 fully saturated rings. The Bertz CT molecular complexity index is 356. The Kier molecular flexibility index (Phi) is 3.31. The number of nitrogens with zero attached hydrogens (tertiary/aromatic N) is 1. The topological polar surface area (TPSA) is 81.3 Å². The summed E-state index contributed by atoms with van der Waals surface area (Å²) in [7, 11) is 0. The maximum atomic E-state index is 5.93. The first kappa shape index (κ1) is 11.2. The molecule has 0 aliphatic carbocycles. The molecule has 2 rings (SSSR count). The molecule has 0 spiro atoms. The highest BCUT2D eigenvalue weighted by atomic mass is 15.1. The lowest BCUT2D eigenvalue weighted by molar-refractivity contribution is 0.500. The molecule has 4 nitrogen and oxygen atoms in total. The first-order valence-electron chi connectivity index (χ1n) is 5.80. The fourth-order valence-corrected chi connectivity index (χ4v) is 2.25. The average Bonchev–Trinajstić information content (AvgIpc) is 2.30. The summed E-state index contributed by atoms with van der Waals surface area (Å²) in [6.45, 7) is 2.49. The minimum absolute atomic E-state index is 0.346. The molecule has 6 N–H and O–H groups in total. The number of anilines is 2. The highest BCUT2D eigenvalue weighted by Crippen LogP contribution is 2.27. The summed E-state index contributed by atoms with van der Waals surface area (Å²) in [5.74, 6) is 0. The molecule has 1 aliphatic rings. The van der Waals surface area contributed by atoms with Crippen molar-refractivity contribution in [3.63, 3.8) is 0 Å². The molecule has 1 aromatic carbocycles. The number of nitrogens with two attached hydrogens (primary N) is 3. The third-order valence-electron chi connectivity index (χ3n) is 3.27. The van der Waals surface area contributed by atoms with E-state index in [0.717, 1.165) is 37.2 Å². The molecule has 0 aromatic heterocycles. The largest absolute Gasteiger partial charge is 0.398 e. The quantitative estimate of drug-likeness (QED) is 0.639. The van der Waals surface area contributed by atoms with Crippen LogP contribution in [0.2, 0.25) is 0 Å². The second-order valence-corrected chi connectivity index (χ2v) is 4.37. The first-order valence-corrected chi connectivity index (χ1v) is 5.80. The number of rotatable bonds is 2. The molecule has 0 saturated carbocycles. The minimum Gasteiger partial charge on any atom is -0.398 e. The summed E-state index contributed by atoms with van der Waals surface area (Å²) in [5.41, 5.74) is 20.6. The fourth-order valence-electron chi connectivity index (χ4n) is 2.25. The number of piperidine rings is 1. The van der Waals surface area contributed by atoms with Crippen molar-refractivity contribution in [3.8, 4) is 0 Å². The van der Waals surface area contributed by atoms with E-state index in [4.69, 9.17) is 17.2 Å². The van der Waals surface area contributed by atoms with Crippen LogP contribution >= 0.6 is 0 Å². The average molecular weight is 220 g/mol. The smallest absolute Gasteiger partial charge is 0.0432 e. The van der Waals surface area contributed by atoms with Gasteiger partial charge < -0.3 is 22.1 Å². The number of hydrogen-bond acceptors (Lipinski definition) is 4. The van der Waals surface area contributed by atoms with Crippen molar-refractivity contribution in [2.45, 2.75) is 25.4 Å². The molecule has 0 atom stereocenters. The maximum Gasteiger partial charge on any atom is 0.0432 e. The molecule has 1 saturated heterocycles. The van der Waals surface area contributed by atoms with Crippen LogP contribution in [0.3, 0.4) is 0 Å². The van der Waals surface area contributed by atoms with E-state index in [9.17, 15) is 0 Å². The van der Waals surface area contributed by atoms with Gasteiger partial charge in [-0.1, -0.05) is 6.07 Å². The molecule has 0 radical (unpaired) electrons. The van der Waals surface area contributed by atoms with Crippen LogP contribution < -0.4 is 22.1 Å². The molecule has 1 aliphatic heterocycles. The summed E-state index contributed by atoms with van der Waals surface area (Å²) >= 11 is 0. The normalized spacial score (nSPS) is 17.8. The van der Waals surface area contributed by atoms with Crippen molar-refractivity contribution in [2.75, 3.05) is 23.7 Å². The Labute approximate surface area is 96.4 Å². The zero-order valence-corrected chi connectivity index (χ0v) is 9.52. The van der Waals surface area contributed by atoms with Crippen molar-refractivity contribution in [1.29, 1.82) is 0 Å². The second-order valence-electron chi connectivity index (χ2n) is 4.37. The van der Waals surface area contributed by atoms with Gasteiger partial charge in [-0.25, -0.2) is 0 Å². The van der Waals surface area contributed by atoms with Crippen LogP contribution in [-0.2, 0) is 6.54 Å². The summed E-state index contributed by atoms with van der Waals surface area (Å²) < 4.78 is 0. The molecular formula is C12H20N4. The summed E-state index contributed by atoms with van der Waals surface area (Å²) in [6.07, 6.45) is 2.08. The van der Waals surface area contributed by atoms with E-state index < -0.39 is 0 Å². The molecule has 16 heavy (non-hydrogen) atoms. The van der Waals surface area contributed by atoms with Gasteiger partial charge in [0.1, 0.15) is 0 Å². The molecule has 1 aromatic rings. The van der Waals surface area contributed by atoms with E-state index in [1.807, 2.05) is 12.1 Å². The molecular weight excluding hydrogens is 200 g/mol. The molecule has 0 bridgehead atoms. The van der Waals surface area contributed by atoms with E-state index >= 15 is 0 Å². The van der Waals surface area contributed by atoms with E-state index in [1.165, 1.54) is 5.69 Å². The van der Waals surface area contributed by atoms with Gasteiger partial charge in [0.25, 0.3) is 0 Å². The predicted octanol–water partition coefficient (Wildman–Crippen LogP) is 0.655. The van der Waals surface area contributed by atoms with E-state index in [0.29, 0.717) is 12.6 Å². The van der Waals surface area contributed by atoms with Crippen molar-refractivity contribution in [2.24, 2.45) is 11.5 Å². The van der Waals surface area contributed by atoms with Gasteiger partial charge >= 0.3 is 0 Å². The third-order valence-corrected chi connectivity index (χ3v) is 3.27. The number of benzene rings is 1. The molecule has 0 amide bonds. The highest BCUT2D eigenvalue weighted by molar-refractivity contribution is 5.65. The van der Waals surface area contributed by atoms with Gasteiger partial charge in [-0.3, -0.25) is 0 Å². The Hall–Kier alpha value is -1.26. The van der Waals surface area contributed by atoms with Crippen molar-refractivity contribution >= 4 is 11.4 Å². The number of hydrogen-bond donors (Lipinski definition) is 3.